The van der Waals surface area contributed by atoms with E-state index < -0.39 is 0 Å². The summed E-state index contributed by atoms with van der Waals surface area (Å²) in [7, 11) is 0. The number of hydrogen-bond acceptors (Lipinski definition) is 0. The van der Waals surface area contributed by atoms with Gasteiger partial charge in [0.05, 0.1) is 0 Å². The van der Waals surface area contributed by atoms with E-state index in [-0.39, 0.29) is 0 Å². The standard InChI is InChI=1S/C11H22/c1-4-6-7-8-9-10-11(3)5-2/h4,6,11H,5,7-10H2,1-3H3/b6-4-. The van der Waals surface area contributed by atoms with E-state index >= 15 is 0 Å². The second kappa shape index (κ2) is 7.84. The zero-order valence-electron chi connectivity index (χ0n) is 8.27. The van der Waals surface area contributed by atoms with Gasteiger partial charge in [0.15, 0.2) is 0 Å². The van der Waals surface area contributed by atoms with E-state index in [0.29, 0.717) is 0 Å². The first kappa shape index (κ1) is 10.7. The second-order valence-electron chi connectivity index (χ2n) is 3.37. The molecule has 0 radical (unpaired) electrons. The molecule has 0 heteroatoms. The molecule has 66 valence electrons. The van der Waals surface area contributed by atoms with E-state index in [1.165, 1.54) is 32.1 Å². The highest BCUT2D eigenvalue weighted by Crippen LogP contribution is 2.12. The van der Waals surface area contributed by atoms with Crippen LogP contribution >= 0.6 is 0 Å². The Morgan fingerprint density at radius 1 is 1.27 bits per heavy atom. The van der Waals surface area contributed by atoms with Crippen LogP contribution in [0.5, 0.6) is 0 Å². The van der Waals surface area contributed by atoms with Gasteiger partial charge in [-0.1, -0.05) is 45.3 Å². The topological polar surface area (TPSA) is 0 Å². The van der Waals surface area contributed by atoms with Crippen LogP contribution in [0.1, 0.15) is 52.9 Å². The van der Waals surface area contributed by atoms with Crippen LogP contribution in [-0.4, -0.2) is 0 Å². The minimum absolute atomic E-state index is 0.931. The Morgan fingerprint density at radius 2 is 2.00 bits per heavy atom. The molecule has 0 saturated heterocycles. The first-order valence-corrected chi connectivity index (χ1v) is 4.92. The van der Waals surface area contributed by atoms with Crippen LogP contribution in [0.25, 0.3) is 0 Å². The second-order valence-corrected chi connectivity index (χ2v) is 3.37. The minimum Gasteiger partial charge on any atom is -0.0917 e. The van der Waals surface area contributed by atoms with Gasteiger partial charge in [0.2, 0.25) is 0 Å². The maximum absolute atomic E-state index is 2.34. The summed E-state index contributed by atoms with van der Waals surface area (Å²) in [6.07, 6.45) is 11.2. The Bertz CT molecular complexity index is 92.2. The quantitative estimate of drug-likeness (QED) is 0.398. The van der Waals surface area contributed by atoms with Gasteiger partial charge in [-0.3, -0.25) is 0 Å². The SMILES string of the molecule is C/C=C\CCCCC(C)CC. The molecule has 0 spiro atoms. The molecular weight excluding hydrogens is 132 g/mol. The van der Waals surface area contributed by atoms with E-state index in [1.807, 2.05) is 0 Å². The molecule has 0 amide bonds. The molecule has 0 aliphatic carbocycles. The van der Waals surface area contributed by atoms with Gasteiger partial charge in [-0.05, 0) is 25.7 Å². The summed E-state index contributed by atoms with van der Waals surface area (Å²) in [5, 5.41) is 0. The van der Waals surface area contributed by atoms with Crippen molar-refractivity contribution in [1.29, 1.82) is 0 Å². The van der Waals surface area contributed by atoms with E-state index in [4.69, 9.17) is 0 Å². The Morgan fingerprint density at radius 3 is 2.55 bits per heavy atom. The predicted octanol–water partition coefficient (Wildman–Crippen LogP) is 4.17. The van der Waals surface area contributed by atoms with E-state index in [1.54, 1.807) is 0 Å². The third-order valence-electron chi connectivity index (χ3n) is 2.25. The molecule has 0 aromatic heterocycles. The molecule has 0 N–H and O–H groups in total. The van der Waals surface area contributed by atoms with Crippen molar-refractivity contribution in [3.8, 4) is 0 Å². The lowest BCUT2D eigenvalue weighted by atomic mass is 10.0. The summed E-state index contributed by atoms with van der Waals surface area (Å²) < 4.78 is 0. The van der Waals surface area contributed by atoms with Crippen molar-refractivity contribution in [2.24, 2.45) is 5.92 Å². The van der Waals surface area contributed by atoms with Gasteiger partial charge in [0.1, 0.15) is 0 Å². The minimum atomic E-state index is 0.931. The van der Waals surface area contributed by atoms with Gasteiger partial charge in [-0.2, -0.15) is 0 Å². The van der Waals surface area contributed by atoms with E-state index in [2.05, 4.69) is 32.9 Å². The third kappa shape index (κ3) is 7.64. The fraction of sp³-hybridized carbons (Fsp3) is 0.818. The molecule has 0 aliphatic heterocycles. The van der Waals surface area contributed by atoms with Crippen LogP contribution in [0.3, 0.4) is 0 Å². The molecule has 0 nitrogen and oxygen atoms in total. The number of unbranched alkanes of at least 4 members (excludes halogenated alkanes) is 2. The lowest BCUT2D eigenvalue weighted by molar-refractivity contribution is 0.486. The van der Waals surface area contributed by atoms with Crippen LogP contribution in [-0.2, 0) is 0 Å². The molecule has 0 aromatic rings. The lowest BCUT2D eigenvalue weighted by Gasteiger charge is -2.05. The highest BCUT2D eigenvalue weighted by molar-refractivity contribution is 4.76. The zero-order chi connectivity index (χ0) is 8.53. The van der Waals surface area contributed by atoms with Crippen LogP contribution < -0.4 is 0 Å². The van der Waals surface area contributed by atoms with Crippen molar-refractivity contribution in [2.45, 2.75) is 52.9 Å². The smallest absolute Gasteiger partial charge is 0.0351 e. The molecule has 1 atom stereocenters. The van der Waals surface area contributed by atoms with Crippen LogP contribution in [0.4, 0.5) is 0 Å². The van der Waals surface area contributed by atoms with Crippen molar-refractivity contribution in [3.05, 3.63) is 12.2 Å². The molecule has 11 heavy (non-hydrogen) atoms. The highest BCUT2D eigenvalue weighted by Gasteiger charge is 1.96. The number of hydrogen-bond donors (Lipinski definition) is 0. The average molecular weight is 154 g/mol. The number of allylic oxidation sites excluding steroid dienone is 2. The van der Waals surface area contributed by atoms with Crippen molar-refractivity contribution >= 4 is 0 Å². The van der Waals surface area contributed by atoms with Gasteiger partial charge in [0, 0.05) is 0 Å². The summed E-state index contributed by atoms with van der Waals surface area (Å²) in [6.45, 7) is 6.71. The first-order valence-electron chi connectivity index (χ1n) is 4.92. The van der Waals surface area contributed by atoms with Gasteiger partial charge in [-0.15, -0.1) is 0 Å². The fourth-order valence-corrected chi connectivity index (χ4v) is 1.13. The largest absolute Gasteiger partial charge is 0.0917 e. The van der Waals surface area contributed by atoms with Crippen molar-refractivity contribution in [2.75, 3.05) is 0 Å². The predicted molar refractivity (Wildman–Crippen MR) is 52.7 cm³/mol. The van der Waals surface area contributed by atoms with Crippen molar-refractivity contribution in [1.82, 2.24) is 0 Å². The molecule has 0 rings (SSSR count). The van der Waals surface area contributed by atoms with Crippen molar-refractivity contribution in [3.63, 3.8) is 0 Å². The van der Waals surface area contributed by atoms with Crippen LogP contribution in [0.2, 0.25) is 0 Å². The number of rotatable bonds is 6. The summed E-state index contributed by atoms with van der Waals surface area (Å²) in [6, 6.07) is 0. The van der Waals surface area contributed by atoms with Crippen LogP contribution in [0, 0.1) is 5.92 Å². The van der Waals surface area contributed by atoms with E-state index in [9.17, 15) is 0 Å². The molecule has 0 fully saturated rings. The maximum Gasteiger partial charge on any atom is -0.0351 e. The summed E-state index contributed by atoms with van der Waals surface area (Å²) in [5.74, 6) is 0.931. The molecule has 0 bridgehead atoms. The Hall–Kier alpha value is -0.260. The van der Waals surface area contributed by atoms with Crippen molar-refractivity contribution < 1.29 is 0 Å². The zero-order valence-corrected chi connectivity index (χ0v) is 8.27. The normalized spacial score (nSPS) is 14.1. The maximum atomic E-state index is 2.34. The highest BCUT2D eigenvalue weighted by atomic mass is 14.0. The summed E-state index contributed by atoms with van der Waals surface area (Å²) in [4.78, 5) is 0. The Labute approximate surface area is 71.7 Å². The average Bonchev–Trinajstić information content (AvgIpc) is 2.04. The molecular formula is C11H22. The van der Waals surface area contributed by atoms with E-state index in [0.717, 1.165) is 5.92 Å². The monoisotopic (exact) mass is 154 g/mol. The fourth-order valence-electron chi connectivity index (χ4n) is 1.13. The lowest BCUT2D eigenvalue weighted by Crippen LogP contribution is -1.90. The van der Waals surface area contributed by atoms with Gasteiger partial charge in [0.25, 0.3) is 0 Å². The molecule has 0 saturated carbocycles. The molecule has 1 unspecified atom stereocenters. The molecule has 0 aliphatic rings. The Kier molecular flexibility index (Phi) is 7.66. The summed E-state index contributed by atoms with van der Waals surface area (Å²) in [5.41, 5.74) is 0. The van der Waals surface area contributed by atoms with Gasteiger partial charge >= 0.3 is 0 Å². The summed E-state index contributed by atoms with van der Waals surface area (Å²) >= 11 is 0. The first-order chi connectivity index (χ1) is 5.31. The Balaban J connectivity index is 3.01. The molecule has 0 aromatic carbocycles. The van der Waals surface area contributed by atoms with Gasteiger partial charge < -0.3 is 0 Å². The van der Waals surface area contributed by atoms with Gasteiger partial charge in [-0.25, -0.2) is 0 Å². The molecule has 0 heterocycles. The van der Waals surface area contributed by atoms with Crippen LogP contribution in [0.15, 0.2) is 12.2 Å². The third-order valence-corrected chi connectivity index (χ3v) is 2.25.